The van der Waals surface area contributed by atoms with E-state index in [1.165, 1.54) is 25.7 Å². The van der Waals surface area contributed by atoms with Gasteiger partial charge in [0, 0.05) is 19.1 Å². The van der Waals surface area contributed by atoms with Crippen LogP contribution in [0.25, 0.3) is 0 Å². The van der Waals surface area contributed by atoms with Crippen molar-refractivity contribution in [3.8, 4) is 0 Å². The minimum atomic E-state index is -0.833. The molecule has 0 bridgehead atoms. The van der Waals surface area contributed by atoms with Gasteiger partial charge in [0.2, 0.25) is 5.91 Å². The van der Waals surface area contributed by atoms with E-state index in [4.69, 9.17) is 9.84 Å². The molecule has 2 aliphatic rings. The van der Waals surface area contributed by atoms with E-state index < -0.39 is 5.97 Å². The van der Waals surface area contributed by atoms with Crippen LogP contribution in [0.3, 0.4) is 0 Å². The Bertz CT molecular complexity index is 348. The van der Waals surface area contributed by atoms with Crippen LogP contribution in [0.4, 0.5) is 0 Å². The molecule has 1 heterocycles. The van der Waals surface area contributed by atoms with Crippen LogP contribution in [0.2, 0.25) is 0 Å². The van der Waals surface area contributed by atoms with Crippen molar-refractivity contribution < 1.29 is 19.4 Å². The van der Waals surface area contributed by atoms with Crippen LogP contribution < -0.4 is 5.32 Å². The highest BCUT2D eigenvalue weighted by atomic mass is 16.5. The highest BCUT2D eigenvalue weighted by molar-refractivity contribution is 5.78. The topological polar surface area (TPSA) is 78.9 Å². The minimum absolute atomic E-state index is 0.0461. The maximum Gasteiger partial charge on any atom is 0.305 e. The maximum absolute atomic E-state index is 12.1. The van der Waals surface area contributed by atoms with Crippen LogP contribution in [0.5, 0.6) is 0 Å². The van der Waals surface area contributed by atoms with Crippen molar-refractivity contribution in [1.82, 2.24) is 10.2 Å². The summed E-state index contributed by atoms with van der Waals surface area (Å²) < 4.78 is 5.53. The van der Waals surface area contributed by atoms with Crippen molar-refractivity contribution in [1.29, 1.82) is 0 Å². The summed E-state index contributed by atoms with van der Waals surface area (Å²) in [6.07, 6.45) is 6.65. The fourth-order valence-electron chi connectivity index (χ4n) is 3.06. The molecule has 0 unspecified atom stereocenters. The second-order valence-electron chi connectivity index (χ2n) is 5.96. The van der Waals surface area contributed by atoms with E-state index in [1.807, 2.05) is 4.90 Å². The molecule has 2 fully saturated rings. The summed E-state index contributed by atoms with van der Waals surface area (Å²) in [7, 11) is 0. The van der Waals surface area contributed by atoms with E-state index >= 15 is 0 Å². The quantitative estimate of drug-likeness (QED) is 0.733. The third kappa shape index (κ3) is 5.63. The van der Waals surface area contributed by atoms with Gasteiger partial charge in [-0.2, -0.15) is 0 Å². The summed E-state index contributed by atoms with van der Waals surface area (Å²) in [6.45, 7) is 2.12. The lowest BCUT2D eigenvalue weighted by Crippen LogP contribution is -2.46. The molecule has 0 aromatic heterocycles. The monoisotopic (exact) mass is 298 g/mol. The first-order chi connectivity index (χ1) is 10.1. The Balaban J connectivity index is 1.59. The van der Waals surface area contributed by atoms with E-state index in [0.717, 1.165) is 12.8 Å². The number of hydrogen-bond donors (Lipinski definition) is 2. The standard InChI is InChI=1S/C15H26N2O4/c18-14(11-16-12-3-1-2-4-12)17-8-5-13(6-9-17)21-10-7-15(19)20/h12-13,16H,1-11H2,(H,19,20). The van der Waals surface area contributed by atoms with Gasteiger partial charge in [-0.25, -0.2) is 0 Å². The molecule has 21 heavy (non-hydrogen) atoms. The number of likely N-dealkylation sites (tertiary alicyclic amines) is 1. The number of piperidine rings is 1. The molecule has 0 aromatic rings. The molecular weight excluding hydrogens is 272 g/mol. The molecule has 0 aromatic carbocycles. The van der Waals surface area contributed by atoms with Crippen molar-refractivity contribution in [3.05, 3.63) is 0 Å². The molecule has 2 rings (SSSR count). The number of carbonyl (C=O) groups excluding carboxylic acids is 1. The zero-order valence-corrected chi connectivity index (χ0v) is 12.6. The van der Waals surface area contributed by atoms with Gasteiger partial charge in [-0.3, -0.25) is 9.59 Å². The number of amides is 1. The first kappa shape index (κ1) is 16.2. The number of hydrogen-bond acceptors (Lipinski definition) is 4. The zero-order chi connectivity index (χ0) is 15.1. The molecule has 1 aliphatic carbocycles. The van der Waals surface area contributed by atoms with Crippen LogP contribution in [-0.4, -0.2) is 60.3 Å². The van der Waals surface area contributed by atoms with Crippen molar-refractivity contribution in [3.63, 3.8) is 0 Å². The lowest BCUT2D eigenvalue weighted by Gasteiger charge is -2.32. The highest BCUT2D eigenvalue weighted by Crippen LogP contribution is 2.18. The molecule has 1 amide bonds. The molecule has 0 radical (unpaired) electrons. The normalized spacial score (nSPS) is 20.9. The van der Waals surface area contributed by atoms with Gasteiger partial charge in [0.1, 0.15) is 0 Å². The number of nitrogens with zero attached hydrogens (tertiary/aromatic N) is 1. The molecule has 6 nitrogen and oxygen atoms in total. The summed E-state index contributed by atoms with van der Waals surface area (Å²) in [5.41, 5.74) is 0. The zero-order valence-electron chi connectivity index (χ0n) is 12.6. The fourth-order valence-corrected chi connectivity index (χ4v) is 3.06. The van der Waals surface area contributed by atoms with E-state index in [9.17, 15) is 9.59 Å². The Labute approximate surface area is 125 Å². The number of nitrogens with one attached hydrogen (secondary N) is 1. The van der Waals surface area contributed by atoms with Crippen LogP contribution in [-0.2, 0) is 14.3 Å². The summed E-state index contributed by atoms with van der Waals surface area (Å²) in [6, 6.07) is 0.519. The van der Waals surface area contributed by atoms with Crippen LogP contribution in [0.1, 0.15) is 44.9 Å². The van der Waals surface area contributed by atoms with E-state index in [-0.39, 0.29) is 25.0 Å². The largest absolute Gasteiger partial charge is 0.481 e. The molecule has 0 atom stereocenters. The Morgan fingerprint density at radius 3 is 2.43 bits per heavy atom. The smallest absolute Gasteiger partial charge is 0.305 e. The minimum Gasteiger partial charge on any atom is -0.481 e. The lowest BCUT2D eigenvalue weighted by molar-refractivity contribution is -0.139. The number of carboxylic acid groups (broad SMARTS) is 1. The SMILES string of the molecule is O=C(O)CCOC1CCN(C(=O)CNC2CCCC2)CC1. The number of carboxylic acids is 1. The number of ether oxygens (including phenoxy) is 1. The molecule has 1 aliphatic heterocycles. The van der Waals surface area contributed by atoms with Gasteiger partial charge in [0.15, 0.2) is 0 Å². The summed E-state index contributed by atoms with van der Waals surface area (Å²) in [5, 5.41) is 11.9. The van der Waals surface area contributed by atoms with Crippen molar-refractivity contribution >= 4 is 11.9 Å². The summed E-state index contributed by atoms with van der Waals surface area (Å²) in [5.74, 6) is -0.661. The molecule has 1 saturated carbocycles. The van der Waals surface area contributed by atoms with Crippen molar-refractivity contribution in [2.24, 2.45) is 0 Å². The van der Waals surface area contributed by atoms with Crippen LogP contribution >= 0.6 is 0 Å². The molecular formula is C15H26N2O4. The number of rotatable bonds is 7. The van der Waals surface area contributed by atoms with Gasteiger partial charge >= 0.3 is 5.97 Å². The Morgan fingerprint density at radius 1 is 1.14 bits per heavy atom. The Kier molecular flexibility index (Phi) is 6.45. The average molecular weight is 298 g/mol. The van der Waals surface area contributed by atoms with Gasteiger partial charge in [0.05, 0.1) is 25.7 Å². The maximum atomic E-state index is 12.1. The Morgan fingerprint density at radius 2 is 1.81 bits per heavy atom. The van der Waals surface area contributed by atoms with Crippen LogP contribution in [0.15, 0.2) is 0 Å². The summed E-state index contributed by atoms with van der Waals surface area (Å²) >= 11 is 0. The van der Waals surface area contributed by atoms with E-state index in [0.29, 0.717) is 25.7 Å². The molecule has 6 heteroatoms. The van der Waals surface area contributed by atoms with Crippen molar-refractivity contribution in [2.45, 2.75) is 57.1 Å². The molecule has 0 spiro atoms. The predicted molar refractivity (Wildman–Crippen MR) is 78.1 cm³/mol. The predicted octanol–water partition coefficient (Wildman–Crippen LogP) is 1.00. The second-order valence-corrected chi connectivity index (χ2v) is 5.96. The van der Waals surface area contributed by atoms with Crippen LogP contribution in [0, 0.1) is 0 Å². The molecule has 1 saturated heterocycles. The van der Waals surface area contributed by atoms with Gasteiger partial charge in [-0.15, -0.1) is 0 Å². The third-order valence-corrected chi connectivity index (χ3v) is 4.36. The number of carbonyl (C=O) groups is 2. The van der Waals surface area contributed by atoms with E-state index in [1.54, 1.807) is 0 Å². The molecule has 120 valence electrons. The Hall–Kier alpha value is -1.14. The fraction of sp³-hybridized carbons (Fsp3) is 0.867. The van der Waals surface area contributed by atoms with E-state index in [2.05, 4.69) is 5.32 Å². The van der Waals surface area contributed by atoms with Gasteiger partial charge in [-0.05, 0) is 25.7 Å². The second kappa shape index (κ2) is 8.34. The first-order valence-electron chi connectivity index (χ1n) is 7.99. The lowest BCUT2D eigenvalue weighted by atomic mass is 10.1. The van der Waals surface area contributed by atoms with Gasteiger partial charge < -0.3 is 20.1 Å². The number of aliphatic carboxylic acids is 1. The third-order valence-electron chi connectivity index (χ3n) is 4.36. The average Bonchev–Trinajstić information content (AvgIpc) is 2.98. The van der Waals surface area contributed by atoms with Crippen molar-refractivity contribution in [2.75, 3.05) is 26.2 Å². The first-order valence-corrected chi connectivity index (χ1v) is 7.99. The highest BCUT2D eigenvalue weighted by Gasteiger charge is 2.24. The summed E-state index contributed by atoms with van der Waals surface area (Å²) in [4.78, 5) is 24.4. The van der Waals surface area contributed by atoms with Gasteiger partial charge in [-0.1, -0.05) is 12.8 Å². The molecule has 2 N–H and O–H groups in total. The van der Waals surface area contributed by atoms with Gasteiger partial charge in [0.25, 0.3) is 0 Å².